The number of hydrogen-bond acceptors (Lipinski definition) is 5. The van der Waals surface area contributed by atoms with Crippen molar-refractivity contribution < 1.29 is 23.7 Å². The molecule has 0 bridgehead atoms. The van der Waals surface area contributed by atoms with Crippen LogP contribution in [0.15, 0.2) is 54.6 Å². The predicted molar refractivity (Wildman–Crippen MR) is 115 cm³/mol. The van der Waals surface area contributed by atoms with Crippen LogP contribution in [0.3, 0.4) is 0 Å². The lowest BCUT2D eigenvalue weighted by Crippen LogP contribution is -2.17. The third-order valence-electron chi connectivity index (χ3n) is 4.72. The lowest BCUT2D eigenvalue weighted by atomic mass is 10.0. The summed E-state index contributed by atoms with van der Waals surface area (Å²) in [6.45, 7) is 0.844. The minimum absolute atomic E-state index is 0.306. The molecule has 154 valence electrons. The fourth-order valence-corrected chi connectivity index (χ4v) is 3.49. The summed E-state index contributed by atoms with van der Waals surface area (Å²) in [5.74, 6) is 2.08. The van der Waals surface area contributed by atoms with Gasteiger partial charge in [0.2, 0.25) is 0 Å². The number of benzene rings is 3. The number of rotatable bonds is 5. The van der Waals surface area contributed by atoms with E-state index in [1.165, 1.54) is 0 Å². The van der Waals surface area contributed by atoms with E-state index in [1.807, 2.05) is 36.4 Å². The van der Waals surface area contributed by atoms with Gasteiger partial charge >= 0.3 is 0 Å². The van der Waals surface area contributed by atoms with Crippen molar-refractivity contribution in [1.29, 1.82) is 0 Å². The van der Waals surface area contributed by atoms with Crippen molar-refractivity contribution in [1.82, 2.24) is 0 Å². The molecule has 1 aliphatic rings. The molecular formula is C23H20ClNO5. The molecule has 0 saturated carbocycles. The first-order valence-corrected chi connectivity index (χ1v) is 9.70. The third kappa shape index (κ3) is 4.00. The Morgan fingerprint density at radius 2 is 1.73 bits per heavy atom. The number of fused-ring (bicyclic) bond motifs is 1. The van der Waals surface area contributed by atoms with Crippen molar-refractivity contribution >= 4 is 23.2 Å². The average Bonchev–Trinajstić information content (AvgIpc) is 2.79. The van der Waals surface area contributed by atoms with Gasteiger partial charge in [-0.3, -0.25) is 4.79 Å². The van der Waals surface area contributed by atoms with Crippen molar-refractivity contribution in [2.75, 3.05) is 32.8 Å². The van der Waals surface area contributed by atoms with E-state index in [4.69, 9.17) is 30.5 Å². The highest BCUT2D eigenvalue weighted by molar-refractivity contribution is 6.32. The van der Waals surface area contributed by atoms with E-state index in [-0.39, 0.29) is 5.91 Å². The summed E-state index contributed by atoms with van der Waals surface area (Å²) in [7, 11) is 3.23. The molecule has 0 saturated heterocycles. The standard InChI is InChI=1S/C23H20ClNO5/c1-27-17-6-3-14(4-7-17)18-13-16(5-8-20(18)28-2)25-23(26)15-11-19(24)22-21(12-15)29-9-10-30-22/h3-8,11-13H,9-10H2,1-2H3,(H,25,26). The molecule has 1 amide bonds. The van der Waals surface area contributed by atoms with E-state index in [0.717, 1.165) is 16.9 Å². The Bertz CT molecular complexity index is 1080. The molecule has 0 aromatic heterocycles. The number of carbonyl (C=O) groups excluding carboxylic acids is 1. The number of halogens is 1. The fourth-order valence-electron chi connectivity index (χ4n) is 3.23. The number of hydrogen-bond donors (Lipinski definition) is 1. The Morgan fingerprint density at radius 3 is 2.47 bits per heavy atom. The number of anilines is 1. The summed E-state index contributed by atoms with van der Waals surface area (Å²) in [5, 5.41) is 3.24. The maximum absolute atomic E-state index is 12.8. The minimum atomic E-state index is -0.306. The van der Waals surface area contributed by atoms with E-state index in [9.17, 15) is 4.79 Å². The molecule has 30 heavy (non-hydrogen) atoms. The van der Waals surface area contributed by atoms with E-state index < -0.39 is 0 Å². The first-order valence-electron chi connectivity index (χ1n) is 9.32. The SMILES string of the molecule is COc1ccc(-c2cc(NC(=O)c3cc(Cl)c4c(c3)OCCO4)ccc2OC)cc1. The van der Waals surface area contributed by atoms with Crippen LogP contribution in [-0.4, -0.2) is 33.3 Å². The van der Waals surface area contributed by atoms with Crippen LogP contribution in [0, 0.1) is 0 Å². The molecule has 3 aromatic rings. The van der Waals surface area contributed by atoms with E-state index in [1.54, 1.807) is 32.4 Å². The Morgan fingerprint density at radius 1 is 0.967 bits per heavy atom. The largest absolute Gasteiger partial charge is 0.497 e. The van der Waals surface area contributed by atoms with Crippen LogP contribution in [0.5, 0.6) is 23.0 Å². The van der Waals surface area contributed by atoms with E-state index in [2.05, 4.69) is 5.32 Å². The van der Waals surface area contributed by atoms with Gasteiger partial charge in [0.15, 0.2) is 11.5 Å². The van der Waals surface area contributed by atoms with Crippen molar-refractivity contribution in [3.63, 3.8) is 0 Å². The fraction of sp³-hybridized carbons (Fsp3) is 0.174. The molecule has 0 unspecified atom stereocenters. The zero-order valence-corrected chi connectivity index (χ0v) is 17.3. The first kappa shape index (κ1) is 19.9. The Balaban J connectivity index is 1.61. The van der Waals surface area contributed by atoms with E-state index in [0.29, 0.717) is 46.7 Å². The minimum Gasteiger partial charge on any atom is -0.497 e. The van der Waals surface area contributed by atoms with Gasteiger partial charge < -0.3 is 24.3 Å². The van der Waals surface area contributed by atoms with Crippen LogP contribution in [0.1, 0.15) is 10.4 Å². The van der Waals surface area contributed by atoms with Crippen LogP contribution < -0.4 is 24.3 Å². The molecule has 6 nitrogen and oxygen atoms in total. The maximum Gasteiger partial charge on any atom is 0.255 e. The van der Waals surface area contributed by atoms with Gasteiger partial charge in [-0.15, -0.1) is 0 Å². The van der Waals surface area contributed by atoms with Gasteiger partial charge in [-0.2, -0.15) is 0 Å². The highest BCUT2D eigenvalue weighted by Crippen LogP contribution is 2.39. The molecule has 0 radical (unpaired) electrons. The summed E-state index contributed by atoms with van der Waals surface area (Å²) >= 11 is 6.25. The summed E-state index contributed by atoms with van der Waals surface area (Å²) < 4.78 is 21.8. The molecule has 1 heterocycles. The molecule has 1 N–H and O–H groups in total. The zero-order valence-electron chi connectivity index (χ0n) is 16.5. The van der Waals surface area contributed by atoms with Gasteiger partial charge in [0.25, 0.3) is 5.91 Å². The molecule has 0 fully saturated rings. The van der Waals surface area contributed by atoms with Crippen LogP contribution in [0.4, 0.5) is 5.69 Å². The third-order valence-corrected chi connectivity index (χ3v) is 5.00. The second-order valence-corrected chi connectivity index (χ2v) is 6.99. The van der Waals surface area contributed by atoms with Crippen molar-refractivity contribution in [3.8, 4) is 34.1 Å². The number of carbonyl (C=O) groups is 1. The molecule has 0 aliphatic carbocycles. The summed E-state index contributed by atoms with van der Waals surface area (Å²) in [6.07, 6.45) is 0. The van der Waals surface area contributed by atoms with Gasteiger partial charge in [0, 0.05) is 16.8 Å². The molecule has 1 aliphatic heterocycles. The molecule has 4 rings (SSSR count). The van der Waals surface area contributed by atoms with Crippen LogP contribution in [0.2, 0.25) is 5.02 Å². The second-order valence-electron chi connectivity index (χ2n) is 6.58. The monoisotopic (exact) mass is 425 g/mol. The number of nitrogens with one attached hydrogen (secondary N) is 1. The van der Waals surface area contributed by atoms with Crippen molar-refractivity contribution in [3.05, 3.63) is 65.2 Å². The quantitative estimate of drug-likeness (QED) is 0.619. The average molecular weight is 426 g/mol. The highest BCUT2D eigenvalue weighted by atomic mass is 35.5. The van der Waals surface area contributed by atoms with Gasteiger partial charge in [0.05, 0.1) is 19.2 Å². The van der Waals surface area contributed by atoms with Gasteiger partial charge in [-0.05, 0) is 48.0 Å². The first-order chi connectivity index (χ1) is 14.6. The molecule has 7 heteroatoms. The molecule has 3 aromatic carbocycles. The van der Waals surface area contributed by atoms with Crippen molar-refractivity contribution in [2.24, 2.45) is 0 Å². The summed E-state index contributed by atoms with van der Waals surface area (Å²) in [5.41, 5.74) is 2.79. The lowest BCUT2D eigenvalue weighted by molar-refractivity contribution is 0.102. The smallest absolute Gasteiger partial charge is 0.255 e. The highest BCUT2D eigenvalue weighted by Gasteiger charge is 2.19. The van der Waals surface area contributed by atoms with Crippen LogP contribution in [0.25, 0.3) is 11.1 Å². The molecule has 0 spiro atoms. The normalized spacial score (nSPS) is 12.2. The van der Waals surface area contributed by atoms with Crippen molar-refractivity contribution in [2.45, 2.75) is 0 Å². The second kappa shape index (κ2) is 8.55. The zero-order chi connectivity index (χ0) is 21.1. The number of ether oxygens (including phenoxy) is 4. The van der Waals surface area contributed by atoms with Gasteiger partial charge in [0.1, 0.15) is 24.7 Å². The van der Waals surface area contributed by atoms with Crippen LogP contribution >= 0.6 is 11.6 Å². The lowest BCUT2D eigenvalue weighted by Gasteiger charge is -2.20. The van der Waals surface area contributed by atoms with E-state index >= 15 is 0 Å². The maximum atomic E-state index is 12.8. The summed E-state index contributed by atoms with van der Waals surface area (Å²) in [6, 6.07) is 16.3. The number of amides is 1. The Hall–Kier alpha value is -3.38. The van der Waals surface area contributed by atoms with Crippen LogP contribution in [-0.2, 0) is 0 Å². The predicted octanol–water partition coefficient (Wildman–Crippen LogP) is 5.05. The van der Waals surface area contributed by atoms with Gasteiger partial charge in [-0.25, -0.2) is 0 Å². The molecule has 0 atom stereocenters. The topological polar surface area (TPSA) is 66.0 Å². The summed E-state index contributed by atoms with van der Waals surface area (Å²) in [4.78, 5) is 12.8. The van der Waals surface area contributed by atoms with Gasteiger partial charge in [-0.1, -0.05) is 23.7 Å². The Labute approximate surface area is 179 Å². The number of methoxy groups -OCH3 is 2. The Kier molecular flexibility index (Phi) is 5.68. The molecular weight excluding hydrogens is 406 g/mol.